The van der Waals surface area contributed by atoms with E-state index in [0.29, 0.717) is 11.8 Å². The van der Waals surface area contributed by atoms with Gasteiger partial charge in [0, 0.05) is 88.3 Å². The van der Waals surface area contributed by atoms with Gasteiger partial charge in [0.15, 0.2) is 0 Å². The van der Waals surface area contributed by atoms with Crippen LogP contribution in [0.15, 0.2) is 324 Å². The van der Waals surface area contributed by atoms with Crippen molar-refractivity contribution in [2.24, 2.45) is 11.8 Å². The maximum atomic E-state index is 6.63. The first-order valence-electron chi connectivity index (χ1n) is 36.6. The summed E-state index contributed by atoms with van der Waals surface area (Å²) in [5.74, 6) is 0.723. The van der Waals surface area contributed by atoms with E-state index in [9.17, 15) is 0 Å². The first-order valence-corrected chi connectivity index (χ1v) is 36.6. The van der Waals surface area contributed by atoms with Crippen molar-refractivity contribution in [3.05, 3.63) is 354 Å². The minimum atomic E-state index is -0.178. The molecule has 0 N–H and O–H groups in total. The van der Waals surface area contributed by atoms with Crippen LogP contribution in [0.25, 0.3) is 181 Å². The molecule has 0 radical (unpaired) electrons. The molecule has 2 atom stereocenters. The van der Waals surface area contributed by atoms with Crippen molar-refractivity contribution in [3.63, 3.8) is 0 Å². The zero-order valence-electron chi connectivity index (χ0n) is 57.9. The maximum Gasteiger partial charge on any atom is 0.143 e. The number of para-hydroxylation sites is 4. The van der Waals surface area contributed by atoms with Gasteiger partial charge in [-0.3, -0.25) is 0 Å². The van der Waals surface area contributed by atoms with Crippen molar-refractivity contribution in [2.45, 2.75) is 38.5 Å². The summed E-state index contributed by atoms with van der Waals surface area (Å²) < 4.78 is 18.2. The molecule has 15 aromatic carbocycles. The fraction of sp³-hybridized carbons (Fsp3) is 0.0800. The summed E-state index contributed by atoms with van der Waals surface area (Å²) in [6.07, 6.45) is 11.7. The summed E-state index contributed by atoms with van der Waals surface area (Å²) in [6.45, 7) is 9.44. The Kier molecular flexibility index (Phi) is 11.7. The van der Waals surface area contributed by atoms with Crippen LogP contribution >= 0.6 is 0 Å². The van der Waals surface area contributed by atoms with Crippen LogP contribution in [0.4, 0.5) is 0 Å². The lowest BCUT2D eigenvalue weighted by Crippen LogP contribution is -2.18. The smallest absolute Gasteiger partial charge is 0.143 e. The Morgan fingerprint density at radius 3 is 1.20 bits per heavy atom. The molecule has 488 valence electrons. The van der Waals surface area contributed by atoms with E-state index in [1.807, 2.05) is 0 Å². The highest BCUT2D eigenvalue weighted by molar-refractivity contribution is 6.26. The topological polar surface area (TPSA) is 36.1 Å². The molecular weight excluding hydrogens is 1260 g/mol. The van der Waals surface area contributed by atoms with E-state index in [0.717, 1.165) is 28.0 Å². The number of nitrogens with zero attached hydrogens (tertiary/aromatic N) is 2. The van der Waals surface area contributed by atoms with Gasteiger partial charge in [-0.1, -0.05) is 264 Å². The average molecular weight is 1330 g/mol. The minimum Gasteiger partial charge on any atom is -0.455 e. The number of benzene rings is 15. The van der Waals surface area contributed by atoms with Gasteiger partial charge in [-0.05, 0) is 189 Å². The molecule has 0 bridgehead atoms. The highest BCUT2D eigenvalue weighted by Gasteiger charge is 2.43. The van der Waals surface area contributed by atoms with Crippen LogP contribution in [0.2, 0.25) is 0 Å². The Balaban J connectivity index is 0.000000127. The molecule has 0 spiro atoms. The number of furan rings is 2. The van der Waals surface area contributed by atoms with Gasteiger partial charge in [-0.2, -0.15) is 0 Å². The summed E-state index contributed by atoms with van der Waals surface area (Å²) in [4.78, 5) is 0. The molecule has 0 saturated heterocycles. The van der Waals surface area contributed by atoms with Gasteiger partial charge in [0.2, 0.25) is 0 Å². The van der Waals surface area contributed by atoms with Crippen LogP contribution in [0.5, 0.6) is 0 Å². The molecule has 4 aromatic heterocycles. The lowest BCUT2D eigenvalue weighted by atomic mass is 9.72. The Labute approximate surface area is 600 Å². The maximum absolute atomic E-state index is 6.63. The molecule has 104 heavy (non-hydrogen) atoms. The molecule has 0 fully saturated rings. The number of rotatable bonds is 4. The van der Waals surface area contributed by atoms with E-state index in [-0.39, 0.29) is 10.8 Å². The summed E-state index contributed by atoms with van der Waals surface area (Å²) in [6, 6.07) is 105. The van der Waals surface area contributed by atoms with E-state index in [4.69, 9.17) is 8.83 Å². The zero-order chi connectivity index (χ0) is 68.6. The third kappa shape index (κ3) is 7.81. The van der Waals surface area contributed by atoms with E-state index in [1.165, 1.54) is 192 Å². The third-order valence-corrected chi connectivity index (χ3v) is 24.6. The van der Waals surface area contributed by atoms with Crippen LogP contribution in [-0.4, -0.2) is 9.13 Å². The number of aromatic nitrogens is 2. The van der Waals surface area contributed by atoms with Crippen LogP contribution in [-0.2, 0) is 10.8 Å². The predicted octanol–water partition coefficient (Wildman–Crippen LogP) is 26.8. The Morgan fingerprint density at radius 2 is 0.683 bits per heavy atom. The second-order valence-electron chi connectivity index (χ2n) is 30.5. The van der Waals surface area contributed by atoms with Crippen molar-refractivity contribution in [1.29, 1.82) is 0 Å². The quantitative estimate of drug-likeness (QED) is 0.165. The lowest BCUT2D eigenvalue weighted by Gasteiger charge is -2.31. The van der Waals surface area contributed by atoms with Crippen LogP contribution < -0.4 is 0 Å². The van der Waals surface area contributed by atoms with Crippen molar-refractivity contribution in [2.75, 3.05) is 0 Å². The van der Waals surface area contributed by atoms with Crippen molar-refractivity contribution >= 4 is 137 Å². The molecule has 4 heterocycles. The van der Waals surface area contributed by atoms with Gasteiger partial charge in [0.25, 0.3) is 0 Å². The van der Waals surface area contributed by atoms with E-state index < -0.39 is 0 Å². The van der Waals surface area contributed by atoms with Gasteiger partial charge >= 0.3 is 0 Å². The number of fused-ring (bicyclic) bond motifs is 29. The molecule has 5 aliphatic rings. The number of allylic oxidation sites excluding steroid dienone is 8. The molecule has 19 aromatic rings. The predicted molar refractivity (Wildman–Crippen MR) is 436 cm³/mol. The normalized spacial score (nSPS) is 16.4. The molecule has 0 saturated carbocycles. The minimum absolute atomic E-state index is 0.169. The Morgan fingerprint density at radius 1 is 0.279 bits per heavy atom. The highest BCUT2D eigenvalue weighted by atomic mass is 16.3. The standard InChI is InChI=1S/C51H33NO.C49H33NO/c1-51(2)44-26-25-40-39-16-8-10-18-48(39)53-50(40)49(44)43-28-42-38-15-7-9-17-46(38)52(47(42)29-45(43)51)32-22-19-30(20-23-32)31-21-24-37-35-13-4-3-11-33(35)34-12-5-6-14-36(34)41(37)27-31;1-49(2)41-25-24-38-34-13-6-8-17-45(34)51-48(38)47(41)40-26-39-33-12-5-7-16-43(33)50(44(39)27-42(40)49)29-20-18-28(19-21-29)30-22-23-37-32-11-4-3-10-31(32)36-15-9-14-35(30)46(36)37/h3-29H,1-2H3;3-27,35,46H,1-2H3. The fourth-order valence-corrected chi connectivity index (χ4v) is 19.7. The van der Waals surface area contributed by atoms with Gasteiger partial charge in [-0.15, -0.1) is 0 Å². The first-order chi connectivity index (χ1) is 51.1. The van der Waals surface area contributed by atoms with Crippen LogP contribution in [0.3, 0.4) is 0 Å². The third-order valence-electron chi connectivity index (χ3n) is 24.6. The van der Waals surface area contributed by atoms with Gasteiger partial charge in [0.1, 0.15) is 22.3 Å². The van der Waals surface area contributed by atoms with Crippen molar-refractivity contribution in [3.8, 4) is 44.8 Å². The van der Waals surface area contributed by atoms with E-state index in [2.05, 4.69) is 352 Å². The van der Waals surface area contributed by atoms with Crippen LogP contribution in [0, 0.1) is 11.8 Å². The van der Waals surface area contributed by atoms with Gasteiger partial charge < -0.3 is 18.0 Å². The SMILES string of the molecule is CC1(C)c2cc3c(cc2-c2c1ccc1c2oc2ccccc21)c1ccccc1n3-c1ccc(-c2ccc3c4ccccc4c4ccccc4c3c2)cc1.CC1(C)c2cc3c(cc2-c2c1ccc1c2oc2ccccc21)c1ccccc1n3-c1ccc(C2=CC=C3c4ccccc4C4=CC=CC2C43)cc1. The van der Waals surface area contributed by atoms with E-state index in [1.54, 1.807) is 0 Å². The molecular formula is C100H66N2O2. The van der Waals surface area contributed by atoms with Gasteiger partial charge in [-0.25, -0.2) is 0 Å². The molecule has 5 aliphatic carbocycles. The number of hydrogen-bond acceptors (Lipinski definition) is 2. The fourth-order valence-electron chi connectivity index (χ4n) is 19.7. The summed E-state index contributed by atoms with van der Waals surface area (Å²) in [5.41, 5.74) is 31.9. The molecule has 2 unspecified atom stereocenters. The molecule has 4 heteroatoms. The summed E-state index contributed by atoms with van der Waals surface area (Å²) in [5, 5.41) is 17.5. The number of hydrogen-bond donors (Lipinski definition) is 0. The molecule has 4 nitrogen and oxygen atoms in total. The highest BCUT2D eigenvalue weighted by Crippen LogP contribution is 2.59. The Bertz CT molecular complexity index is 7170. The van der Waals surface area contributed by atoms with Gasteiger partial charge in [0.05, 0.1) is 22.1 Å². The lowest BCUT2D eigenvalue weighted by molar-refractivity contribution is 0.653. The molecule has 24 rings (SSSR count). The van der Waals surface area contributed by atoms with Crippen molar-refractivity contribution in [1.82, 2.24) is 9.13 Å². The summed E-state index contributed by atoms with van der Waals surface area (Å²) >= 11 is 0. The van der Waals surface area contributed by atoms with Crippen molar-refractivity contribution < 1.29 is 8.83 Å². The van der Waals surface area contributed by atoms with Crippen LogP contribution in [0.1, 0.15) is 66.6 Å². The Hall–Kier alpha value is -12.8. The average Bonchev–Trinajstić information content (AvgIpc) is 1.53. The zero-order valence-corrected chi connectivity index (χ0v) is 57.9. The monoisotopic (exact) mass is 1330 g/mol. The van der Waals surface area contributed by atoms with E-state index >= 15 is 0 Å². The second-order valence-corrected chi connectivity index (χ2v) is 30.5. The summed E-state index contributed by atoms with van der Waals surface area (Å²) in [7, 11) is 0. The second kappa shape index (κ2) is 20.9. The molecule has 0 amide bonds. The molecule has 0 aliphatic heterocycles. The largest absolute Gasteiger partial charge is 0.455 e. The first kappa shape index (κ1) is 57.9.